The van der Waals surface area contributed by atoms with E-state index in [1.54, 1.807) is 4.90 Å². The molecule has 0 amide bonds. The summed E-state index contributed by atoms with van der Waals surface area (Å²) in [6, 6.07) is 0.705. The molecular formula is C13H22NO+. The maximum absolute atomic E-state index is 12.2. The first-order chi connectivity index (χ1) is 7.36. The SMILES string of the molecule is O=C1[C@H]2CCC[C@@H]1[C@@H]([NH+]1CCCC1)CC2. The van der Waals surface area contributed by atoms with E-state index in [4.69, 9.17) is 0 Å². The number of ketones is 1. The first kappa shape index (κ1) is 9.83. The predicted molar refractivity (Wildman–Crippen MR) is 58.8 cm³/mol. The molecule has 0 aromatic carbocycles. The third kappa shape index (κ3) is 1.63. The van der Waals surface area contributed by atoms with E-state index in [0.717, 1.165) is 0 Å². The molecule has 0 aromatic heterocycles. The highest BCUT2D eigenvalue weighted by Gasteiger charge is 2.45. The van der Waals surface area contributed by atoms with E-state index in [1.165, 1.54) is 58.0 Å². The number of likely N-dealkylation sites (tertiary alicyclic amines) is 1. The molecule has 1 saturated heterocycles. The lowest BCUT2D eigenvalue weighted by Crippen LogP contribution is -3.15. The predicted octanol–water partition coefficient (Wildman–Crippen LogP) is 0.813. The highest BCUT2D eigenvalue weighted by atomic mass is 16.1. The van der Waals surface area contributed by atoms with Crippen LogP contribution in [0, 0.1) is 11.8 Å². The second-order valence-corrected chi connectivity index (χ2v) is 5.69. The summed E-state index contributed by atoms with van der Waals surface area (Å²) in [4.78, 5) is 13.9. The van der Waals surface area contributed by atoms with Crippen LogP contribution in [-0.2, 0) is 4.79 Å². The number of quaternary nitrogens is 1. The van der Waals surface area contributed by atoms with Gasteiger partial charge in [-0.15, -0.1) is 0 Å². The zero-order valence-corrected chi connectivity index (χ0v) is 9.50. The lowest BCUT2D eigenvalue weighted by atomic mass is 9.68. The normalized spacial score (nSPS) is 42.1. The van der Waals surface area contributed by atoms with Crippen LogP contribution >= 0.6 is 0 Å². The summed E-state index contributed by atoms with van der Waals surface area (Å²) < 4.78 is 0. The quantitative estimate of drug-likeness (QED) is 0.677. The fourth-order valence-corrected chi connectivity index (χ4v) is 4.13. The van der Waals surface area contributed by atoms with Crippen molar-refractivity contribution >= 4 is 5.78 Å². The highest BCUT2D eigenvalue weighted by molar-refractivity contribution is 5.85. The highest BCUT2D eigenvalue weighted by Crippen LogP contribution is 2.36. The van der Waals surface area contributed by atoms with Gasteiger partial charge in [0.05, 0.1) is 25.0 Å². The molecule has 3 atom stereocenters. The van der Waals surface area contributed by atoms with Gasteiger partial charge in [0.25, 0.3) is 0 Å². The Hall–Kier alpha value is -0.370. The molecule has 3 rings (SSSR count). The van der Waals surface area contributed by atoms with Crippen molar-refractivity contribution in [2.45, 2.75) is 51.0 Å². The Morgan fingerprint density at radius 1 is 0.933 bits per heavy atom. The molecule has 1 heterocycles. The molecule has 3 aliphatic rings. The molecule has 15 heavy (non-hydrogen) atoms. The maximum atomic E-state index is 12.2. The Morgan fingerprint density at radius 3 is 2.53 bits per heavy atom. The summed E-state index contributed by atoms with van der Waals surface area (Å²) in [5, 5.41) is 0. The van der Waals surface area contributed by atoms with E-state index in [9.17, 15) is 4.79 Å². The minimum absolute atomic E-state index is 0.450. The van der Waals surface area contributed by atoms with Gasteiger partial charge in [0.15, 0.2) is 0 Å². The molecule has 1 N–H and O–H groups in total. The number of fused-ring (bicyclic) bond motifs is 2. The third-order valence-corrected chi connectivity index (χ3v) is 4.92. The van der Waals surface area contributed by atoms with E-state index in [1.807, 2.05) is 0 Å². The number of nitrogens with one attached hydrogen (secondary N) is 1. The van der Waals surface area contributed by atoms with Gasteiger partial charge in [-0.1, -0.05) is 6.42 Å². The lowest BCUT2D eigenvalue weighted by molar-refractivity contribution is -0.917. The molecule has 1 aliphatic heterocycles. The van der Waals surface area contributed by atoms with Crippen molar-refractivity contribution in [3.63, 3.8) is 0 Å². The molecule has 0 radical (unpaired) electrons. The molecule has 2 bridgehead atoms. The molecule has 2 heteroatoms. The summed E-state index contributed by atoms with van der Waals surface area (Å²) in [5.74, 6) is 1.55. The van der Waals surface area contributed by atoms with E-state index < -0.39 is 0 Å². The summed E-state index contributed by atoms with van der Waals surface area (Å²) in [5.41, 5.74) is 0. The Bertz CT molecular complexity index is 257. The summed E-state index contributed by atoms with van der Waals surface area (Å²) >= 11 is 0. The monoisotopic (exact) mass is 208 g/mol. The first-order valence-electron chi connectivity index (χ1n) is 6.74. The van der Waals surface area contributed by atoms with Crippen molar-refractivity contribution in [1.29, 1.82) is 0 Å². The van der Waals surface area contributed by atoms with Gasteiger partial charge in [0.2, 0.25) is 0 Å². The van der Waals surface area contributed by atoms with Gasteiger partial charge in [0.1, 0.15) is 5.78 Å². The fraction of sp³-hybridized carbons (Fsp3) is 0.923. The topological polar surface area (TPSA) is 21.5 Å². The van der Waals surface area contributed by atoms with E-state index in [-0.39, 0.29) is 0 Å². The lowest BCUT2D eigenvalue weighted by Gasteiger charge is -2.40. The molecule has 3 fully saturated rings. The van der Waals surface area contributed by atoms with Crippen LogP contribution in [0.25, 0.3) is 0 Å². The van der Waals surface area contributed by atoms with Crippen molar-refractivity contribution < 1.29 is 9.69 Å². The fourth-order valence-electron chi connectivity index (χ4n) is 4.13. The van der Waals surface area contributed by atoms with Crippen molar-refractivity contribution in [1.82, 2.24) is 0 Å². The van der Waals surface area contributed by atoms with Gasteiger partial charge < -0.3 is 4.90 Å². The summed E-state index contributed by atoms with van der Waals surface area (Å²) in [6.45, 7) is 2.66. The van der Waals surface area contributed by atoms with Crippen LogP contribution in [-0.4, -0.2) is 24.9 Å². The number of Topliss-reactive ketones (excluding diaryl/α,β-unsaturated/α-hetero) is 1. The van der Waals surface area contributed by atoms with Gasteiger partial charge in [-0.2, -0.15) is 0 Å². The van der Waals surface area contributed by atoms with Crippen LogP contribution < -0.4 is 4.90 Å². The van der Waals surface area contributed by atoms with Crippen molar-refractivity contribution in [2.24, 2.45) is 11.8 Å². The number of hydrogen-bond donors (Lipinski definition) is 1. The molecule has 0 aromatic rings. The zero-order chi connectivity index (χ0) is 10.3. The average Bonchev–Trinajstić information content (AvgIpc) is 2.70. The van der Waals surface area contributed by atoms with Gasteiger partial charge in [-0.3, -0.25) is 4.79 Å². The number of hydrogen-bond acceptors (Lipinski definition) is 1. The maximum Gasteiger partial charge on any atom is 0.144 e. The molecule has 0 unspecified atom stereocenters. The Balaban J connectivity index is 1.75. The number of rotatable bonds is 1. The second kappa shape index (κ2) is 3.89. The van der Waals surface area contributed by atoms with Gasteiger partial charge in [-0.05, 0) is 19.3 Å². The largest absolute Gasteiger partial charge is 0.332 e. The zero-order valence-electron chi connectivity index (χ0n) is 9.50. The van der Waals surface area contributed by atoms with Crippen molar-refractivity contribution in [3.05, 3.63) is 0 Å². The number of carbonyl (C=O) groups is 1. The Labute approximate surface area is 92.0 Å². The third-order valence-electron chi connectivity index (χ3n) is 4.92. The summed E-state index contributed by atoms with van der Waals surface area (Å²) in [7, 11) is 0. The van der Waals surface area contributed by atoms with E-state index >= 15 is 0 Å². The van der Waals surface area contributed by atoms with E-state index in [2.05, 4.69) is 0 Å². The Morgan fingerprint density at radius 2 is 1.73 bits per heavy atom. The van der Waals surface area contributed by atoms with Crippen LogP contribution in [0.15, 0.2) is 0 Å². The van der Waals surface area contributed by atoms with Crippen LogP contribution in [0.3, 0.4) is 0 Å². The molecule has 2 saturated carbocycles. The first-order valence-corrected chi connectivity index (χ1v) is 6.74. The summed E-state index contributed by atoms with van der Waals surface area (Å²) in [6.07, 6.45) is 9.00. The van der Waals surface area contributed by atoms with Gasteiger partial charge in [-0.25, -0.2) is 0 Å². The van der Waals surface area contributed by atoms with Crippen LogP contribution in [0.4, 0.5) is 0 Å². The molecule has 0 spiro atoms. The van der Waals surface area contributed by atoms with Crippen molar-refractivity contribution in [2.75, 3.05) is 13.1 Å². The average molecular weight is 208 g/mol. The molecular weight excluding hydrogens is 186 g/mol. The second-order valence-electron chi connectivity index (χ2n) is 5.69. The smallest absolute Gasteiger partial charge is 0.144 e. The standard InChI is InChI=1S/C13H21NO/c15-13-10-4-3-5-11(13)12(7-6-10)14-8-1-2-9-14/h10-12H,1-9H2/p+1/t10-,11+,12-/m0/s1. The molecule has 2 nitrogen and oxygen atoms in total. The van der Waals surface area contributed by atoms with Crippen molar-refractivity contribution in [3.8, 4) is 0 Å². The van der Waals surface area contributed by atoms with E-state index in [0.29, 0.717) is 23.7 Å². The molecule has 84 valence electrons. The van der Waals surface area contributed by atoms with Crippen LogP contribution in [0.1, 0.15) is 44.9 Å². The minimum Gasteiger partial charge on any atom is -0.332 e. The Kier molecular flexibility index (Phi) is 2.55. The minimum atomic E-state index is 0.450. The molecule has 2 aliphatic carbocycles. The van der Waals surface area contributed by atoms with Gasteiger partial charge in [0, 0.05) is 25.2 Å². The van der Waals surface area contributed by atoms with Crippen LogP contribution in [0.5, 0.6) is 0 Å². The van der Waals surface area contributed by atoms with Crippen LogP contribution in [0.2, 0.25) is 0 Å². The number of carbonyl (C=O) groups excluding carboxylic acids is 1. The van der Waals surface area contributed by atoms with Gasteiger partial charge >= 0.3 is 0 Å².